The normalized spacial score (nSPS) is 10.5. The number of thioether (sulfide) groups is 1. The van der Waals surface area contributed by atoms with Crippen molar-refractivity contribution in [1.82, 2.24) is 9.97 Å². The highest BCUT2D eigenvalue weighted by atomic mass is 32.2. The summed E-state index contributed by atoms with van der Waals surface area (Å²) in [6.07, 6.45) is 3.26. The van der Waals surface area contributed by atoms with Crippen LogP contribution in [0.3, 0.4) is 0 Å². The Morgan fingerprint density at radius 2 is 2.13 bits per heavy atom. The van der Waals surface area contributed by atoms with Crippen LogP contribution in [0.2, 0.25) is 0 Å². The molecule has 4 nitrogen and oxygen atoms in total. The molecule has 0 aliphatic rings. The van der Waals surface area contributed by atoms with E-state index in [1.165, 1.54) is 6.33 Å². The highest BCUT2D eigenvalue weighted by Crippen LogP contribution is 2.21. The molecule has 0 saturated heterocycles. The fraction of sp³-hybridized carbons (Fsp3) is 0.200. The van der Waals surface area contributed by atoms with Gasteiger partial charge in [-0.05, 0) is 18.2 Å². The Hall–Kier alpha value is -1.33. The number of aromatic nitrogens is 2. The summed E-state index contributed by atoms with van der Waals surface area (Å²) in [5.41, 5.74) is 5.45. The molecule has 2 heterocycles. The molecule has 0 spiro atoms. The monoisotopic (exact) mass is 221 g/mol. The molecule has 0 aliphatic heterocycles. The van der Waals surface area contributed by atoms with Crippen molar-refractivity contribution < 1.29 is 4.42 Å². The molecule has 2 aromatic heterocycles. The van der Waals surface area contributed by atoms with Crippen molar-refractivity contribution in [1.29, 1.82) is 0 Å². The van der Waals surface area contributed by atoms with E-state index in [9.17, 15) is 0 Å². The van der Waals surface area contributed by atoms with E-state index >= 15 is 0 Å². The molecule has 15 heavy (non-hydrogen) atoms. The van der Waals surface area contributed by atoms with E-state index in [1.807, 2.05) is 18.2 Å². The Morgan fingerprint density at radius 1 is 1.27 bits per heavy atom. The number of furan rings is 1. The van der Waals surface area contributed by atoms with Crippen molar-refractivity contribution >= 4 is 11.8 Å². The molecule has 0 aromatic carbocycles. The number of nitrogens with two attached hydrogens (primary N) is 1. The highest BCUT2D eigenvalue weighted by molar-refractivity contribution is 7.98. The molecule has 5 heteroatoms. The summed E-state index contributed by atoms with van der Waals surface area (Å²) in [5.74, 6) is 2.49. The zero-order chi connectivity index (χ0) is 10.5. The lowest BCUT2D eigenvalue weighted by atomic mass is 10.4. The molecule has 2 aromatic rings. The third kappa shape index (κ3) is 2.81. The highest BCUT2D eigenvalue weighted by Gasteiger charge is 2.01. The zero-order valence-corrected chi connectivity index (χ0v) is 8.91. The van der Waals surface area contributed by atoms with Gasteiger partial charge in [0.25, 0.3) is 0 Å². The van der Waals surface area contributed by atoms with Crippen LogP contribution in [0.1, 0.15) is 11.5 Å². The van der Waals surface area contributed by atoms with Crippen LogP contribution in [-0.2, 0) is 12.3 Å². The third-order valence-corrected chi connectivity index (χ3v) is 2.80. The predicted octanol–water partition coefficient (Wildman–Crippen LogP) is 1.82. The number of hydrogen-bond acceptors (Lipinski definition) is 5. The number of nitrogens with zero attached hydrogens (tertiary/aromatic N) is 2. The quantitative estimate of drug-likeness (QED) is 0.630. The van der Waals surface area contributed by atoms with Crippen molar-refractivity contribution in [2.45, 2.75) is 17.3 Å². The van der Waals surface area contributed by atoms with E-state index in [0.29, 0.717) is 6.54 Å². The van der Waals surface area contributed by atoms with E-state index in [2.05, 4.69) is 9.97 Å². The average Bonchev–Trinajstić information content (AvgIpc) is 2.76. The van der Waals surface area contributed by atoms with Gasteiger partial charge in [0.05, 0.1) is 17.3 Å². The first-order valence-corrected chi connectivity index (χ1v) is 5.53. The largest absolute Gasteiger partial charge is 0.464 e. The minimum Gasteiger partial charge on any atom is -0.464 e. The maximum Gasteiger partial charge on any atom is 0.117 e. The summed E-state index contributed by atoms with van der Waals surface area (Å²) in [7, 11) is 0. The molecule has 2 rings (SSSR count). The maximum atomic E-state index is 5.47. The van der Waals surface area contributed by atoms with Gasteiger partial charge in [-0.2, -0.15) is 0 Å². The van der Waals surface area contributed by atoms with Gasteiger partial charge in [0.2, 0.25) is 0 Å². The lowest BCUT2D eigenvalue weighted by Crippen LogP contribution is -1.92. The van der Waals surface area contributed by atoms with Crippen molar-refractivity contribution in [3.63, 3.8) is 0 Å². The first-order valence-electron chi connectivity index (χ1n) is 4.55. The van der Waals surface area contributed by atoms with Crippen molar-refractivity contribution in [3.8, 4) is 0 Å². The Balaban J connectivity index is 1.93. The average molecular weight is 221 g/mol. The Bertz CT molecular complexity index is 416. The fourth-order valence-electron chi connectivity index (χ4n) is 1.12. The van der Waals surface area contributed by atoms with E-state index in [-0.39, 0.29) is 0 Å². The number of hydrogen-bond donors (Lipinski definition) is 1. The first kappa shape index (κ1) is 10.2. The van der Waals surface area contributed by atoms with Gasteiger partial charge in [0.15, 0.2) is 0 Å². The molecule has 0 aliphatic carbocycles. The van der Waals surface area contributed by atoms with Crippen molar-refractivity contribution in [2.24, 2.45) is 5.73 Å². The van der Waals surface area contributed by atoms with E-state index in [4.69, 9.17) is 10.2 Å². The second-order valence-corrected chi connectivity index (χ2v) is 3.90. The minimum atomic E-state index is 0.443. The van der Waals surface area contributed by atoms with Crippen molar-refractivity contribution in [2.75, 3.05) is 0 Å². The first-order chi connectivity index (χ1) is 7.38. The molecule has 0 amide bonds. The topological polar surface area (TPSA) is 64.9 Å². The van der Waals surface area contributed by atoms with Crippen LogP contribution in [0, 0.1) is 0 Å². The standard InChI is InChI=1S/C10H11N3OS/c11-5-8-1-2-9(14-8)6-15-10-3-4-12-7-13-10/h1-4,7H,5-6,11H2. The molecular weight excluding hydrogens is 210 g/mol. The van der Waals surface area contributed by atoms with Gasteiger partial charge < -0.3 is 10.2 Å². The summed E-state index contributed by atoms with van der Waals surface area (Å²) in [4.78, 5) is 7.96. The molecular formula is C10H11N3OS. The molecule has 0 atom stereocenters. The van der Waals surface area contributed by atoms with Gasteiger partial charge >= 0.3 is 0 Å². The van der Waals surface area contributed by atoms with E-state index < -0.39 is 0 Å². The van der Waals surface area contributed by atoms with Gasteiger partial charge in [0, 0.05) is 6.20 Å². The third-order valence-electron chi connectivity index (χ3n) is 1.84. The van der Waals surface area contributed by atoms with Crippen molar-refractivity contribution in [3.05, 3.63) is 42.2 Å². The Morgan fingerprint density at radius 3 is 2.80 bits per heavy atom. The Kier molecular flexibility index (Phi) is 3.37. The second-order valence-electron chi connectivity index (χ2n) is 2.91. The van der Waals surface area contributed by atoms with Gasteiger partial charge in [-0.25, -0.2) is 9.97 Å². The summed E-state index contributed by atoms with van der Waals surface area (Å²) >= 11 is 1.61. The number of rotatable bonds is 4. The van der Waals surface area contributed by atoms with Crippen LogP contribution in [0.4, 0.5) is 0 Å². The molecule has 0 fully saturated rings. The zero-order valence-electron chi connectivity index (χ0n) is 8.09. The summed E-state index contributed by atoms with van der Waals surface area (Å²) in [6, 6.07) is 5.71. The maximum absolute atomic E-state index is 5.47. The van der Waals surface area contributed by atoms with Crippen LogP contribution >= 0.6 is 11.8 Å². The second kappa shape index (κ2) is 4.95. The molecule has 0 radical (unpaired) electrons. The SMILES string of the molecule is NCc1ccc(CSc2ccncn2)o1. The fourth-order valence-corrected chi connectivity index (χ4v) is 1.84. The summed E-state index contributed by atoms with van der Waals surface area (Å²) in [5, 5.41) is 0.940. The molecule has 2 N–H and O–H groups in total. The minimum absolute atomic E-state index is 0.443. The summed E-state index contributed by atoms with van der Waals surface area (Å²) < 4.78 is 5.47. The lowest BCUT2D eigenvalue weighted by Gasteiger charge is -1.96. The molecule has 78 valence electrons. The van der Waals surface area contributed by atoms with Crippen LogP contribution < -0.4 is 5.73 Å². The molecule has 0 saturated carbocycles. The smallest absolute Gasteiger partial charge is 0.117 e. The van der Waals surface area contributed by atoms with Crippen LogP contribution in [-0.4, -0.2) is 9.97 Å². The van der Waals surface area contributed by atoms with E-state index in [0.717, 1.165) is 22.3 Å². The van der Waals surface area contributed by atoms with Gasteiger partial charge in [-0.3, -0.25) is 0 Å². The Labute approximate surface area is 91.9 Å². The lowest BCUT2D eigenvalue weighted by molar-refractivity contribution is 0.482. The van der Waals surface area contributed by atoms with Crippen LogP contribution in [0.5, 0.6) is 0 Å². The van der Waals surface area contributed by atoms with E-state index in [1.54, 1.807) is 18.0 Å². The summed E-state index contributed by atoms with van der Waals surface area (Å²) in [6.45, 7) is 0.443. The van der Waals surface area contributed by atoms with Crippen LogP contribution in [0.25, 0.3) is 0 Å². The van der Waals surface area contributed by atoms with Crippen LogP contribution in [0.15, 0.2) is 40.2 Å². The predicted molar refractivity (Wildman–Crippen MR) is 58.2 cm³/mol. The van der Waals surface area contributed by atoms with Gasteiger partial charge in [0.1, 0.15) is 17.8 Å². The molecule has 0 unspecified atom stereocenters. The van der Waals surface area contributed by atoms with Gasteiger partial charge in [-0.1, -0.05) is 11.8 Å². The molecule has 0 bridgehead atoms. The van der Waals surface area contributed by atoms with Gasteiger partial charge in [-0.15, -0.1) is 0 Å².